The van der Waals surface area contributed by atoms with E-state index >= 15 is 0 Å². The first-order chi connectivity index (χ1) is 14.4. The first-order valence-corrected chi connectivity index (χ1v) is 9.97. The lowest BCUT2D eigenvalue weighted by atomic mass is 9.86. The van der Waals surface area contributed by atoms with Crippen molar-refractivity contribution in [2.24, 2.45) is 0 Å². The summed E-state index contributed by atoms with van der Waals surface area (Å²) in [5, 5.41) is 13.1. The number of carbonyl (C=O) groups excluding carboxylic acids is 1. The Balaban J connectivity index is 1.99. The molecule has 1 aliphatic rings. The molecule has 1 atom stereocenters. The van der Waals surface area contributed by atoms with Gasteiger partial charge in [-0.1, -0.05) is 0 Å². The fraction of sp³-hybridized carbons (Fsp3) is 0.286. The van der Waals surface area contributed by atoms with Crippen LogP contribution in [-0.2, 0) is 4.79 Å². The van der Waals surface area contributed by atoms with Gasteiger partial charge < -0.3 is 25.3 Å². The van der Waals surface area contributed by atoms with Crippen LogP contribution in [0.4, 0.5) is 10.8 Å². The second-order valence-electron chi connectivity index (χ2n) is 6.89. The van der Waals surface area contributed by atoms with Crippen LogP contribution >= 0.6 is 11.3 Å². The van der Waals surface area contributed by atoms with Crippen LogP contribution in [0.2, 0.25) is 0 Å². The van der Waals surface area contributed by atoms with Crippen LogP contribution in [0.3, 0.4) is 0 Å². The van der Waals surface area contributed by atoms with Crippen molar-refractivity contribution in [3.8, 4) is 23.3 Å². The minimum absolute atomic E-state index is 0.0982. The minimum atomic E-state index is -0.282. The van der Waals surface area contributed by atoms with Gasteiger partial charge in [-0.05, 0) is 30.2 Å². The number of nitriles is 1. The lowest BCUT2D eigenvalue weighted by Crippen LogP contribution is -2.22. The first kappa shape index (κ1) is 19.8. The number of carbonyl (C=O) groups is 1. The second-order valence-corrected chi connectivity index (χ2v) is 7.92. The molecule has 0 fully saturated rings. The van der Waals surface area contributed by atoms with E-state index in [0.717, 1.165) is 21.4 Å². The number of aromatic nitrogens is 1. The van der Waals surface area contributed by atoms with E-state index < -0.39 is 0 Å². The fourth-order valence-electron chi connectivity index (χ4n) is 3.89. The lowest BCUT2D eigenvalue weighted by Gasteiger charge is -2.25. The Kier molecular flexibility index (Phi) is 4.87. The molecule has 1 aromatic carbocycles. The lowest BCUT2D eigenvalue weighted by molar-refractivity contribution is -0.116. The van der Waals surface area contributed by atoms with Crippen molar-refractivity contribution in [3.63, 3.8) is 0 Å². The summed E-state index contributed by atoms with van der Waals surface area (Å²) in [6.45, 7) is 1.84. The maximum absolute atomic E-state index is 12.5. The van der Waals surface area contributed by atoms with Gasteiger partial charge in [0.15, 0.2) is 11.5 Å². The molecule has 0 radical (unpaired) electrons. The normalized spacial score (nSPS) is 15.3. The third-order valence-electron chi connectivity index (χ3n) is 5.32. The van der Waals surface area contributed by atoms with Gasteiger partial charge in [-0.2, -0.15) is 5.26 Å². The number of fused-ring (bicyclic) bond motifs is 3. The molecule has 0 bridgehead atoms. The van der Waals surface area contributed by atoms with Crippen LogP contribution in [0.1, 0.15) is 34.6 Å². The largest absolute Gasteiger partial charge is 0.493 e. The number of ether oxygens (including phenoxy) is 3. The summed E-state index contributed by atoms with van der Waals surface area (Å²) in [5.41, 5.74) is 9.59. The quantitative estimate of drug-likeness (QED) is 0.657. The number of nitrogens with two attached hydrogens (primary N) is 1. The van der Waals surface area contributed by atoms with Crippen molar-refractivity contribution < 1.29 is 19.0 Å². The monoisotopic (exact) mass is 424 g/mol. The second kappa shape index (κ2) is 7.39. The molecule has 0 saturated carbocycles. The van der Waals surface area contributed by atoms with E-state index in [1.54, 1.807) is 21.3 Å². The molecule has 8 nitrogen and oxygen atoms in total. The molecule has 3 aromatic rings. The number of hydrogen-bond acceptors (Lipinski definition) is 8. The summed E-state index contributed by atoms with van der Waals surface area (Å²) in [6, 6.07) is 5.81. The number of anilines is 2. The highest BCUT2D eigenvalue weighted by Crippen LogP contribution is 2.50. The molecule has 2 aromatic heterocycles. The van der Waals surface area contributed by atoms with E-state index in [0.29, 0.717) is 33.3 Å². The summed E-state index contributed by atoms with van der Waals surface area (Å²) in [4.78, 5) is 17.0. The van der Waals surface area contributed by atoms with E-state index in [-0.39, 0.29) is 24.1 Å². The number of nitrogen functional groups attached to an aromatic ring is 1. The summed E-state index contributed by atoms with van der Waals surface area (Å²) < 4.78 is 17.2. The first-order valence-electron chi connectivity index (χ1n) is 9.15. The Labute approximate surface area is 177 Å². The molecule has 0 spiro atoms. The van der Waals surface area contributed by atoms with Gasteiger partial charge in [0.2, 0.25) is 11.7 Å². The van der Waals surface area contributed by atoms with E-state index in [2.05, 4.69) is 16.4 Å². The van der Waals surface area contributed by atoms with E-state index in [9.17, 15) is 10.1 Å². The SMILES string of the molecule is COc1cc([C@@H]2CC(=O)Nc3sc4c(C)c(C#N)c(N)nc4c32)cc(OC)c1OC. The molecule has 1 amide bonds. The van der Waals surface area contributed by atoms with Gasteiger partial charge in [0, 0.05) is 17.9 Å². The molecular formula is C21H20N4O4S. The maximum atomic E-state index is 12.5. The number of amides is 1. The van der Waals surface area contributed by atoms with E-state index in [4.69, 9.17) is 19.9 Å². The van der Waals surface area contributed by atoms with Gasteiger partial charge in [0.05, 0.1) is 37.1 Å². The highest BCUT2D eigenvalue weighted by atomic mass is 32.1. The summed E-state index contributed by atoms with van der Waals surface area (Å²) in [6.07, 6.45) is 0.234. The zero-order valence-electron chi connectivity index (χ0n) is 17.0. The Morgan fingerprint density at radius 1 is 1.23 bits per heavy atom. The number of nitrogens with zero attached hydrogens (tertiary/aromatic N) is 2. The predicted octanol–water partition coefficient (Wildman–Crippen LogP) is 3.56. The molecule has 154 valence electrons. The molecule has 3 heterocycles. The molecule has 4 rings (SSSR count). The van der Waals surface area contributed by atoms with Crippen molar-refractivity contribution in [2.75, 3.05) is 32.4 Å². The molecular weight excluding hydrogens is 404 g/mol. The molecule has 0 unspecified atom stereocenters. The van der Waals surface area contributed by atoms with Crippen molar-refractivity contribution in [1.82, 2.24) is 4.98 Å². The molecule has 0 aliphatic carbocycles. The zero-order chi connectivity index (χ0) is 21.6. The van der Waals surface area contributed by atoms with Crippen LogP contribution in [0.15, 0.2) is 12.1 Å². The topological polar surface area (TPSA) is 119 Å². The standard InChI is InChI=1S/C21H20N4O4S/c1-9-12(8-22)20(23)25-17-16-11(7-15(26)24-21(16)30-19(9)17)10-5-13(27-2)18(29-4)14(6-10)28-3/h5-6,11H,7H2,1-4H3,(H2,23,25)(H,24,26)/t11-/m0/s1. The molecule has 30 heavy (non-hydrogen) atoms. The molecule has 1 aliphatic heterocycles. The van der Waals surface area contributed by atoms with Gasteiger partial charge in [0.25, 0.3) is 0 Å². The van der Waals surface area contributed by atoms with Crippen molar-refractivity contribution in [3.05, 3.63) is 34.4 Å². The highest BCUT2D eigenvalue weighted by molar-refractivity contribution is 7.23. The molecule has 9 heteroatoms. The van der Waals surface area contributed by atoms with Crippen molar-refractivity contribution in [2.45, 2.75) is 19.3 Å². The third-order valence-corrected chi connectivity index (χ3v) is 6.54. The Bertz CT molecular complexity index is 1200. The smallest absolute Gasteiger partial charge is 0.225 e. The van der Waals surface area contributed by atoms with Crippen LogP contribution in [0, 0.1) is 18.3 Å². The number of benzene rings is 1. The van der Waals surface area contributed by atoms with Gasteiger partial charge in [-0.25, -0.2) is 4.98 Å². The average Bonchev–Trinajstić information content (AvgIpc) is 3.10. The Morgan fingerprint density at radius 2 is 1.90 bits per heavy atom. The maximum Gasteiger partial charge on any atom is 0.225 e. The fourth-order valence-corrected chi connectivity index (χ4v) is 5.12. The zero-order valence-corrected chi connectivity index (χ0v) is 17.8. The number of thiophene rings is 1. The average molecular weight is 424 g/mol. The Morgan fingerprint density at radius 3 is 2.47 bits per heavy atom. The van der Waals surface area contributed by atoms with Crippen molar-refractivity contribution >= 4 is 38.3 Å². The number of methoxy groups -OCH3 is 3. The summed E-state index contributed by atoms with van der Waals surface area (Å²) >= 11 is 1.41. The van der Waals surface area contributed by atoms with Crippen LogP contribution in [0.5, 0.6) is 17.2 Å². The van der Waals surface area contributed by atoms with Gasteiger partial charge in [0.1, 0.15) is 16.9 Å². The van der Waals surface area contributed by atoms with Gasteiger partial charge in [-0.15, -0.1) is 11.3 Å². The van der Waals surface area contributed by atoms with E-state index in [1.807, 2.05) is 19.1 Å². The molecule has 0 saturated heterocycles. The van der Waals surface area contributed by atoms with Crippen LogP contribution in [-0.4, -0.2) is 32.2 Å². The number of pyridine rings is 1. The molecule has 3 N–H and O–H groups in total. The number of aryl methyl sites for hydroxylation is 1. The summed E-state index contributed by atoms with van der Waals surface area (Å²) in [7, 11) is 4.64. The van der Waals surface area contributed by atoms with Crippen LogP contribution in [0.25, 0.3) is 10.2 Å². The van der Waals surface area contributed by atoms with E-state index in [1.165, 1.54) is 11.3 Å². The van der Waals surface area contributed by atoms with Gasteiger partial charge in [-0.3, -0.25) is 4.79 Å². The predicted molar refractivity (Wildman–Crippen MR) is 115 cm³/mol. The number of hydrogen-bond donors (Lipinski definition) is 2. The Hall–Kier alpha value is -3.51. The summed E-state index contributed by atoms with van der Waals surface area (Å²) in [5.74, 6) is 1.30. The number of nitrogens with one attached hydrogen (secondary N) is 1. The highest BCUT2D eigenvalue weighted by Gasteiger charge is 2.33. The van der Waals surface area contributed by atoms with Crippen molar-refractivity contribution in [1.29, 1.82) is 5.26 Å². The third kappa shape index (κ3) is 2.88. The number of rotatable bonds is 4. The minimum Gasteiger partial charge on any atom is -0.493 e. The van der Waals surface area contributed by atoms with Gasteiger partial charge >= 0.3 is 0 Å². The van der Waals surface area contributed by atoms with Crippen LogP contribution < -0.4 is 25.3 Å².